The second-order valence-electron chi connectivity index (χ2n) is 2.83. The molecular weight excluding hydrogens is 226 g/mol. The number of sulfonamides is 1. The molecular formula is C8H10ClNO3S. The first-order valence-corrected chi connectivity index (χ1v) is 5.99. The summed E-state index contributed by atoms with van der Waals surface area (Å²) in [5.74, 6) is 0.0415. The van der Waals surface area contributed by atoms with Gasteiger partial charge in [0.15, 0.2) is 0 Å². The fraction of sp³-hybridized carbons (Fsp3) is 0.250. The van der Waals surface area contributed by atoms with Gasteiger partial charge in [0.05, 0.1) is 5.69 Å². The first-order valence-electron chi connectivity index (χ1n) is 3.81. The molecule has 2 N–H and O–H groups in total. The Balaban J connectivity index is 2.94. The zero-order valence-corrected chi connectivity index (χ0v) is 9.06. The molecule has 0 saturated heterocycles. The molecule has 0 saturated carbocycles. The normalized spacial score (nSPS) is 11.3. The van der Waals surface area contributed by atoms with Crippen LogP contribution >= 0.6 is 11.6 Å². The fourth-order valence-electron chi connectivity index (χ4n) is 0.880. The van der Waals surface area contributed by atoms with Crippen molar-refractivity contribution >= 4 is 27.3 Å². The average Bonchev–Trinajstić information content (AvgIpc) is 2.11. The number of phenolic OH excluding ortho intramolecular Hbond substituents is 1. The Bertz CT molecular complexity index is 430. The molecule has 4 nitrogen and oxygen atoms in total. The molecule has 0 aliphatic carbocycles. The number of rotatable bonds is 3. The van der Waals surface area contributed by atoms with Crippen molar-refractivity contribution in [3.05, 3.63) is 23.8 Å². The van der Waals surface area contributed by atoms with Gasteiger partial charge in [-0.1, -0.05) is 6.07 Å². The van der Waals surface area contributed by atoms with Crippen LogP contribution in [0.4, 0.5) is 5.69 Å². The molecule has 0 fully saturated rings. The highest BCUT2D eigenvalue weighted by atomic mass is 35.5. The van der Waals surface area contributed by atoms with Crippen molar-refractivity contribution in [2.75, 3.05) is 9.93 Å². The highest BCUT2D eigenvalue weighted by molar-refractivity contribution is 7.93. The number of alkyl halides is 1. The van der Waals surface area contributed by atoms with Crippen LogP contribution in [0.5, 0.6) is 5.75 Å². The van der Waals surface area contributed by atoms with Crippen molar-refractivity contribution in [2.45, 2.75) is 6.92 Å². The molecule has 1 aromatic rings. The zero-order valence-electron chi connectivity index (χ0n) is 7.49. The van der Waals surface area contributed by atoms with Gasteiger partial charge in [-0.2, -0.15) is 0 Å². The number of halogens is 1. The summed E-state index contributed by atoms with van der Waals surface area (Å²) in [6.07, 6.45) is 0. The molecule has 0 aliphatic heterocycles. The van der Waals surface area contributed by atoms with Gasteiger partial charge in [0.1, 0.15) is 11.0 Å². The van der Waals surface area contributed by atoms with Crippen LogP contribution in [0.3, 0.4) is 0 Å². The maximum absolute atomic E-state index is 11.0. The quantitative estimate of drug-likeness (QED) is 0.783. The molecule has 0 spiro atoms. The van der Waals surface area contributed by atoms with E-state index < -0.39 is 15.2 Å². The van der Waals surface area contributed by atoms with Crippen molar-refractivity contribution in [3.63, 3.8) is 0 Å². The van der Waals surface area contributed by atoms with Gasteiger partial charge in [-0.25, -0.2) is 8.42 Å². The second kappa shape index (κ2) is 4.06. The maximum Gasteiger partial charge on any atom is 0.246 e. The Morgan fingerprint density at radius 2 is 2.14 bits per heavy atom. The van der Waals surface area contributed by atoms with Crippen LogP contribution in [-0.2, 0) is 10.0 Å². The van der Waals surface area contributed by atoms with Crippen LogP contribution in [0, 0.1) is 6.92 Å². The van der Waals surface area contributed by atoms with E-state index in [4.69, 9.17) is 11.6 Å². The summed E-state index contributed by atoms with van der Waals surface area (Å²) >= 11 is 5.20. The molecule has 0 amide bonds. The van der Waals surface area contributed by atoms with Gasteiger partial charge in [0, 0.05) is 6.07 Å². The SMILES string of the molecule is Cc1ccc(NS(=O)(=O)CCl)cc1O. The molecule has 14 heavy (non-hydrogen) atoms. The van der Waals surface area contributed by atoms with E-state index in [0.29, 0.717) is 11.3 Å². The van der Waals surface area contributed by atoms with Crippen molar-refractivity contribution in [2.24, 2.45) is 0 Å². The Hall–Kier alpha value is -0.940. The van der Waals surface area contributed by atoms with Gasteiger partial charge in [0.25, 0.3) is 0 Å². The van der Waals surface area contributed by atoms with E-state index in [9.17, 15) is 13.5 Å². The Kier molecular flexibility index (Phi) is 3.23. The molecule has 0 aliphatic rings. The van der Waals surface area contributed by atoms with Crippen molar-refractivity contribution < 1.29 is 13.5 Å². The minimum Gasteiger partial charge on any atom is -0.508 e. The maximum atomic E-state index is 11.0. The Morgan fingerprint density at radius 3 is 2.64 bits per heavy atom. The van der Waals surface area contributed by atoms with Gasteiger partial charge in [-0.3, -0.25) is 4.72 Å². The lowest BCUT2D eigenvalue weighted by atomic mass is 10.2. The second-order valence-corrected chi connectivity index (χ2v) is 5.13. The molecule has 0 heterocycles. The molecule has 0 radical (unpaired) electrons. The van der Waals surface area contributed by atoms with Gasteiger partial charge < -0.3 is 5.11 Å². The highest BCUT2D eigenvalue weighted by Gasteiger charge is 2.08. The van der Waals surface area contributed by atoms with Gasteiger partial charge in [-0.05, 0) is 18.6 Å². The summed E-state index contributed by atoms with van der Waals surface area (Å²) in [5.41, 5.74) is 0.979. The predicted octanol–water partition coefficient (Wildman–Crippen LogP) is 1.64. The zero-order chi connectivity index (χ0) is 10.8. The monoisotopic (exact) mass is 235 g/mol. The highest BCUT2D eigenvalue weighted by Crippen LogP contribution is 2.21. The molecule has 0 atom stereocenters. The van der Waals surface area contributed by atoms with E-state index in [2.05, 4.69) is 4.72 Å². The summed E-state index contributed by atoms with van der Waals surface area (Å²) in [7, 11) is -3.50. The smallest absolute Gasteiger partial charge is 0.246 e. The Labute approximate surface area is 87.6 Å². The van der Waals surface area contributed by atoms with Gasteiger partial charge in [0.2, 0.25) is 10.0 Å². The number of hydrogen-bond donors (Lipinski definition) is 2. The number of phenols is 1. The van der Waals surface area contributed by atoms with E-state index >= 15 is 0 Å². The minimum atomic E-state index is -3.50. The summed E-state index contributed by atoms with van der Waals surface area (Å²) in [5, 5.41) is 8.79. The molecule has 0 aromatic heterocycles. The number of hydrogen-bond acceptors (Lipinski definition) is 3. The first kappa shape index (κ1) is 11.1. The molecule has 6 heteroatoms. The third kappa shape index (κ3) is 2.78. The van der Waals surface area contributed by atoms with Crippen molar-refractivity contribution in [1.82, 2.24) is 0 Å². The first-order chi connectivity index (χ1) is 6.44. The largest absolute Gasteiger partial charge is 0.508 e. The van der Waals surface area contributed by atoms with E-state index in [0.717, 1.165) is 0 Å². The van der Waals surface area contributed by atoms with E-state index in [1.54, 1.807) is 19.1 Å². The van der Waals surface area contributed by atoms with Crippen LogP contribution < -0.4 is 4.72 Å². The van der Waals surface area contributed by atoms with E-state index in [1.165, 1.54) is 6.07 Å². The topological polar surface area (TPSA) is 66.4 Å². The van der Waals surface area contributed by atoms with Crippen molar-refractivity contribution in [1.29, 1.82) is 0 Å². The third-order valence-electron chi connectivity index (χ3n) is 1.63. The molecule has 1 aromatic carbocycles. The van der Waals surface area contributed by atoms with Crippen LogP contribution in [0.1, 0.15) is 5.56 Å². The lowest BCUT2D eigenvalue weighted by molar-refractivity contribution is 0.471. The van der Waals surface area contributed by atoms with Crippen LogP contribution in [0.25, 0.3) is 0 Å². The van der Waals surface area contributed by atoms with E-state index in [1.807, 2.05) is 0 Å². The summed E-state index contributed by atoms with van der Waals surface area (Å²) in [6, 6.07) is 4.50. The summed E-state index contributed by atoms with van der Waals surface area (Å²) in [6.45, 7) is 1.72. The number of aromatic hydroxyl groups is 1. The van der Waals surface area contributed by atoms with Gasteiger partial charge >= 0.3 is 0 Å². The molecule has 0 unspecified atom stereocenters. The number of nitrogens with one attached hydrogen (secondary N) is 1. The fourth-order valence-corrected chi connectivity index (χ4v) is 1.58. The molecule has 78 valence electrons. The predicted molar refractivity (Wildman–Crippen MR) is 56.1 cm³/mol. The van der Waals surface area contributed by atoms with Crippen molar-refractivity contribution in [3.8, 4) is 5.75 Å². The molecule has 1 rings (SSSR count). The summed E-state index contributed by atoms with van der Waals surface area (Å²) in [4.78, 5) is 0. The van der Waals surface area contributed by atoms with Gasteiger partial charge in [-0.15, -0.1) is 11.6 Å². The lowest BCUT2D eigenvalue weighted by Gasteiger charge is -2.06. The van der Waals surface area contributed by atoms with Crippen LogP contribution in [-0.4, -0.2) is 18.7 Å². The number of anilines is 1. The number of benzene rings is 1. The molecule has 0 bridgehead atoms. The average molecular weight is 236 g/mol. The lowest BCUT2D eigenvalue weighted by Crippen LogP contribution is -2.13. The summed E-state index contributed by atoms with van der Waals surface area (Å²) < 4.78 is 24.3. The van der Waals surface area contributed by atoms with Crippen LogP contribution in [0.2, 0.25) is 0 Å². The Morgan fingerprint density at radius 1 is 1.50 bits per heavy atom. The third-order valence-corrected chi connectivity index (χ3v) is 3.32. The number of aryl methyl sites for hydroxylation is 1. The standard InChI is InChI=1S/C8H10ClNO3S/c1-6-2-3-7(4-8(6)11)10-14(12,13)5-9/h2-4,10-11H,5H2,1H3. The van der Waals surface area contributed by atoms with Crippen LogP contribution in [0.15, 0.2) is 18.2 Å². The minimum absolute atomic E-state index is 0.0415. The van der Waals surface area contributed by atoms with E-state index in [-0.39, 0.29) is 5.75 Å².